The van der Waals surface area contributed by atoms with Crippen LogP contribution in [-0.2, 0) is 6.42 Å². The van der Waals surface area contributed by atoms with Gasteiger partial charge in [0.2, 0.25) is 0 Å². The molecule has 0 bridgehead atoms. The molecule has 25 heavy (non-hydrogen) atoms. The van der Waals surface area contributed by atoms with Crippen LogP contribution in [-0.4, -0.2) is 55.8 Å². The molecule has 4 nitrogen and oxygen atoms in total. The molecule has 2 heterocycles. The molecule has 1 aliphatic rings. The lowest BCUT2D eigenvalue weighted by Crippen LogP contribution is -2.45. The molecule has 1 aromatic rings. The largest absolute Gasteiger partial charge is 0.401 e. The molecule has 2 N–H and O–H groups in total. The first-order chi connectivity index (χ1) is 11.9. The van der Waals surface area contributed by atoms with E-state index in [2.05, 4.69) is 40.1 Å². The van der Waals surface area contributed by atoms with Gasteiger partial charge in [0, 0.05) is 37.1 Å². The SMILES string of the molecule is CCNC(=NCC(C)Cc1cccs1)NC1CCN(CC(F)(F)F)C1. The molecule has 1 aliphatic heterocycles. The van der Waals surface area contributed by atoms with Crippen molar-refractivity contribution in [2.24, 2.45) is 10.9 Å². The van der Waals surface area contributed by atoms with Crippen LogP contribution in [0, 0.1) is 5.92 Å². The van der Waals surface area contributed by atoms with E-state index in [0.717, 1.165) is 13.0 Å². The van der Waals surface area contributed by atoms with Gasteiger partial charge in [-0.25, -0.2) is 0 Å². The van der Waals surface area contributed by atoms with Crippen LogP contribution in [0.2, 0.25) is 0 Å². The number of hydrogen-bond donors (Lipinski definition) is 2. The van der Waals surface area contributed by atoms with Gasteiger partial charge in [-0.1, -0.05) is 13.0 Å². The van der Waals surface area contributed by atoms with Crippen molar-refractivity contribution in [1.82, 2.24) is 15.5 Å². The van der Waals surface area contributed by atoms with Gasteiger partial charge in [-0.15, -0.1) is 11.3 Å². The van der Waals surface area contributed by atoms with Gasteiger partial charge in [0.25, 0.3) is 0 Å². The molecule has 1 aromatic heterocycles. The fourth-order valence-electron chi connectivity index (χ4n) is 2.94. The first-order valence-corrected chi connectivity index (χ1v) is 9.60. The van der Waals surface area contributed by atoms with Crippen LogP contribution in [0.1, 0.15) is 25.1 Å². The number of guanidine groups is 1. The molecule has 8 heteroatoms. The van der Waals surface area contributed by atoms with E-state index in [0.29, 0.717) is 37.9 Å². The molecule has 1 fully saturated rings. The summed E-state index contributed by atoms with van der Waals surface area (Å²) in [5.74, 6) is 1.11. The first-order valence-electron chi connectivity index (χ1n) is 8.72. The van der Waals surface area contributed by atoms with Gasteiger partial charge < -0.3 is 10.6 Å². The molecule has 2 rings (SSSR count). The summed E-state index contributed by atoms with van der Waals surface area (Å²) in [6.07, 6.45) is -2.45. The maximum absolute atomic E-state index is 12.5. The minimum atomic E-state index is -4.13. The lowest BCUT2D eigenvalue weighted by Gasteiger charge is -2.20. The Labute approximate surface area is 151 Å². The van der Waals surface area contributed by atoms with Crippen molar-refractivity contribution in [3.63, 3.8) is 0 Å². The van der Waals surface area contributed by atoms with E-state index in [-0.39, 0.29) is 6.04 Å². The average molecular weight is 376 g/mol. The number of nitrogens with zero attached hydrogens (tertiary/aromatic N) is 2. The molecule has 2 atom stereocenters. The number of likely N-dealkylation sites (tertiary alicyclic amines) is 1. The van der Waals surface area contributed by atoms with Crippen molar-refractivity contribution in [3.05, 3.63) is 22.4 Å². The number of rotatable bonds is 7. The summed E-state index contributed by atoms with van der Waals surface area (Å²) in [4.78, 5) is 7.41. The minimum absolute atomic E-state index is 0.00718. The quantitative estimate of drug-likeness (QED) is 0.567. The third-order valence-electron chi connectivity index (χ3n) is 4.05. The topological polar surface area (TPSA) is 39.7 Å². The zero-order valence-corrected chi connectivity index (χ0v) is 15.6. The number of aliphatic imine (C=N–C) groups is 1. The smallest absolute Gasteiger partial charge is 0.357 e. The summed E-state index contributed by atoms with van der Waals surface area (Å²) in [6, 6.07) is 4.18. The molecule has 0 aromatic carbocycles. The van der Waals surface area contributed by atoms with Crippen molar-refractivity contribution in [2.45, 2.75) is 38.9 Å². The number of halogens is 3. The van der Waals surface area contributed by atoms with Crippen LogP contribution in [0.4, 0.5) is 13.2 Å². The Morgan fingerprint density at radius 2 is 2.28 bits per heavy atom. The average Bonchev–Trinajstić information content (AvgIpc) is 3.15. The Kier molecular flexibility index (Phi) is 7.56. The van der Waals surface area contributed by atoms with E-state index < -0.39 is 12.7 Å². The molecule has 1 saturated heterocycles. The second kappa shape index (κ2) is 9.43. The van der Waals surface area contributed by atoms with Crippen molar-refractivity contribution in [2.75, 3.05) is 32.7 Å². The Hall–Kier alpha value is -1.28. The summed E-state index contributed by atoms with van der Waals surface area (Å²) >= 11 is 1.75. The summed E-state index contributed by atoms with van der Waals surface area (Å²) < 4.78 is 37.5. The number of thiophene rings is 1. The van der Waals surface area contributed by atoms with Gasteiger partial charge in [-0.2, -0.15) is 13.2 Å². The van der Waals surface area contributed by atoms with Gasteiger partial charge in [-0.3, -0.25) is 9.89 Å². The van der Waals surface area contributed by atoms with Gasteiger partial charge in [0.05, 0.1) is 6.54 Å². The number of alkyl halides is 3. The molecule has 0 aliphatic carbocycles. The summed E-state index contributed by atoms with van der Waals surface area (Å²) in [6.45, 7) is 5.58. The standard InChI is InChI=1S/C17H27F3N4S/c1-3-21-16(22-10-13(2)9-15-5-4-8-25-15)23-14-6-7-24(11-14)12-17(18,19)20/h4-5,8,13-14H,3,6-7,9-12H2,1-2H3,(H2,21,22,23). The van der Waals surface area contributed by atoms with Crippen LogP contribution >= 0.6 is 11.3 Å². The van der Waals surface area contributed by atoms with Gasteiger partial charge >= 0.3 is 6.18 Å². The van der Waals surface area contributed by atoms with Crippen molar-refractivity contribution in [3.8, 4) is 0 Å². The van der Waals surface area contributed by atoms with Crippen LogP contribution in [0.25, 0.3) is 0 Å². The van der Waals surface area contributed by atoms with E-state index in [1.807, 2.05) is 6.92 Å². The highest BCUT2D eigenvalue weighted by molar-refractivity contribution is 7.09. The van der Waals surface area contributed by atoms with Crippen LogP contribution in [0.3, 0.4) is 0 Å². The summed E-state index contributed by atoms with van der Waals surface area (Å²) in [7, 11) is 0. The maximum atomic E-state index is 12.5. The Morgan fingerprint density at radius 3 is 2.92 bits per heavy atom. The van der Waals surface area contributed by atoms with Gasteiger partial charge in [0.15, 0.2) is 5.96 Å². The summed E-state index contributed by atoms with van der Waals surface area (Å²) in [5.41, 5.74) is 0. The summed E-state index contributed by atoms with van der Waals surface area (Å²) in [5, 5.41) is 8.54. The van der Waals surface area contributed by atoms with Crippen LogP contribution < -0.4 is 10.6 Å². The zero-order chi connectivity index (χ0) is 18.3. The number of hydrogen-bond acceptors (Lipinski definition) is 3. The molecular formula is C17H27F3N4S. The van der Waals surface area contributed by atoms with E-state index in [9.17, 15) is 13.2 Å². The molecular weight excluding hydrogens is 349 g/mol. The third kappa shape index (κ3) is 7.64. The van der Waals surface area contributed by atoms with E-state index in [1.165, 1.54) is 9.78 Å². The molecule has 0 amide bonds. The van der Waals surface area contributed by atoms with Crippen LogP contribution in [0.5, 0.6) is 0 Å². The normalized spacial score (nSPS) is 20.7. The second-order valence-electron chi connectivity index (χ2n) is 6.59. The molecule has 0 saturated carbocycles. The zero-order valence-electron chi connectivity index (χ0n) is 14.8. The van der Waals surface area contributed by atoms with Crippen LogP contribution in [0.15, 0.2) is 22.5 Å². The van der Waals surface area contributed by atoms with Crippen molar-refractivity contribution < 1.29 is 13.2 Å². The maximum Gasteiger partial charge on any atom is 0.401 e. The Balaban J connectivity index is 1.81. The fraction of sp³-hybridized carbons (Fsp3) is 0.706. The predicted octanol–water partition coefficient (Wildman–Crippen LogP) is 3.12. The monoisotopic (exact) mass is 376 g/mol. The minimum Gasteiger partial charge on any atom is -0.357 e. The van der Waals surface area contributed by atoms with Crippen molar-refractivity contribution in [1.29, 1.82) is 0 Å². The van der Waals surface area contributed by atoms with Gasteiger partial charge in [-0.05, 0) is 37.1 Å². The van der Waals surface area contributed by atoms with E-state index in [1.54, 1.807) is 11.3 Å². The lowest BCUT2D eigenvalue weighted by molar-refractivity contribution is -0.143. The van der Waals surface area contributed by atoms with E-state index in [4.69, 9.17) is 0 Å². The Bertz CT molecular complexity index is 530. The molecule has 2 unspecified atom stereocenters. The first kappa shape index (κ1) is 20.0. The highest BCUT2D eigenvalue weighted by atomic mass is 32.1. The molecule has 0 spiro atoms. The highest BCUT2D eigenvalue weighted by Crippen LogP contribution is 2.20. The van der Waals surface area contributed by atoms with Gasteiger partial charge in [0.1, 0.15) is 0 Å². The Morgan fingerprint density at radius 1 is 1.48 bits per heavy atom. The molecule has 142 valence electrons. The fourth-order valence-corrected chi connectivity index (χ4v) is 3.81. The predicted molar refractivity (Wildman–Crippen MR) is 97.2 cm³/mol. The number of nitrogens with one attached hydrogen (secondary N) is 2. The highest BCUT2D eigenvalue weighted by Gasteiger charge is 2.34. The second-order valence-corrected chi connectivity index (χ2v) is 7.62. The van der Waals surface area contributed by atoms with E-state index >= 15 is 0 Å². The molecule has 0 radical (unpaired) electrons. The van der Waals surface area contributed by atoms with Crippen molar-refractivity contribution >= 4 is 17.3 Å². The third-order valence-corrected chi connectivity index (χ3v) is 4.95. The lowest BCUT2D eigenvalue weighted by atomic mass is 10.1.